The quantitative estimate of drug-likeness (QED) is 0.428. The van der Waals surface area contributed by atoms with E-state index in [0.29, 0.717) is 29.6 Å². The summed E-state index contributed by atoms with van der Waals surface area (Å²) >= 11 is 3.22. The van der Waals surface area contributed by atoms with Gasteiger partial charge in [-0.2, -0.15) is 0 Å². The number of para-hydroxylation sites is 1. The van der Waals surface area contributed by atoms with Gasteiger partial charge in [0.15, 0.2) is 0 Å². The summed E-state index contributed by atoms with van der Waals surface area (Å²) in [4.78, 5) is 22.1. The fourth-order valence-electron chi connectivity index (χ4n) is 2.06. The molecule has 24 heavy (non-hydrogen) atoms. The fourth-order valence-corrected chi connectivity index (χ4v) is 2.53. The number of aryl methyl sites for hydroxylation is 1. The van der Waals surface area contributed by atoms with Gasteiger partial charge in [-0.3, -0.25) is 14.9 Å². The summed E-state index contributed by atoms with van der Waals surface area (Å²) in [6.45, 7) is 2.41. The van der Waals surface area contributed by atoms with Crippen LogP contribution in [0.15, 0.2) is 46.9 Å². The lowest BCUT2D eigenvalue weighted by Crippen LogP contribution is -2.13. The Morgan fingerprint density at radius 2 is 2.04 bits per heavy atom. The van der Waals surface area contributed by atoms with Crippen molar-refractivity contribution in [2.24, 2.45) is 0 Å². The molecule has 2 aromatic rings. The Labute approximate surface area is 148 Å². The minimum Gasteiger partial charge on any atom is -0.493 e. The van der Waals surface area contributed by atoms with Gasteiger partial charge >= 0.3 is 0 Å². The molecule has 0 aliphatic carbocycles. The third kappa shape index (κ3) is 5.06. The number of anilines is 1. The minimum absolute atomic E-state index is 0.0356. The van der Waals surface area contributed by atoms with Gasteiger partial charge in [0.1, 0.15) is 5.75 Å². The maximum atomic E-state index is 11.9. The molecule has 0 radical (unpaired) electrons. The molecule has 0 aromatic heterocycles. The van der Waals surface area contributed by atoms with Crippen molar-refractivity contribution in [1.29, 1.82) is 0 Å². The van der Waals surface area contributed by atoms with E-state index in [-0.39, 0.29) is 11.6 Å². The predicted octanol–water partition coefficient (Wildman–Crippen LogP) is 4.46. The molecule has 0 fully saturated rings. The van der Waals surface area contributed by atoms with Crippen molar-refractivity contribution in [2.75, 3.05) is 11.9 Å². The van der Waals surface area contributed by atoms with Crippen molar-refractivity contribution in [1.82, 2.24) is 0 Å². The van der Waals surface area contributed by atoms with Gasteiger partial charge in [-0.15, -0.1) is 0 Å². The zero-order valence-corrected chi connectivity index (χ0v) is 14.7. The van der Waals surface area contributed by atoms with E-state index in [2.05, 4.69) is 21.2 Å². The number of halogens is 1. The van der Waals surface area contributed by atoms with Crippen LogP contribution in [0.1, 0.15) is 18.4 Å². The van der Waals surface area contributed by atoms with Crippen molar-refractivity contribution in [3.05, 3.63) is 62.6 Å². The fraction of sp³-hybridized carbons (Fsp3) is 0.235. The van der Waals surface area contributed by atoms with E-state index >= 15 is 0 Å². The SMILES string of the molecule is Cc1ccccc1OCCCC(=O)Nc1ccc([N+](=O)[O-])cc1Br. The summed E-state index contributed by atoms with van der Waals surface area (Å²) in [5.41, 5.74) is 1.52. The van der Waals surface area contributed by atoms with Gasteiger partial charge in [-0.1, -0.05) is 18.2 Å². The van der Waals surface area contributed by atoms with Gasteiger partial charge < -0.3 is 10.1 Å². The van der Waals surface area contributed by atoms with Crippen LogP contribution in [0.25, 0.3) is 0 Å². The lowest BCUT2D eigenvalue weighted by atomic mass is 10.2. The summed E-state index contributed by atoms with van der Waals surface area (Å²) < 4.78 is 6.11. The number of nitrogens with one attached hydrogen (secondary N) is 1. The molecule has 0 saturated heterocycles. The zero-order chi connectivity index (χ0) is 17.5. The molecule has 126 valence electrons. The van der Waals surface area contributed by atoms with Crippen LogP contribution in [-0.4, -0.2) is 17.4 Å². The molecule has 1 amide bonds. The van der Waals surface area contributed by atoms with Crippen molar-refractivity contribution >= 4 is 33.2 Å². The van der Waals surface area contributed by atoms with E-state index in [1.807, 2.05) is 31.2 Å². The molecule has 0 saturated carbocycles. The Kier molecular flexibility index (Phi) is 6.31. The second-order valence-electron chi connectivity index (χ2n) is 5.19. The highest BCUT2D eigenvalue weighted by molar-refractivity contribution is 9.10. The average Bonchev–Trinajstić information content (AvgIpc) is 2.55. The number of ether oxygens (including phenoxy) is 1. The van der Waals surface area contributed by atoms with Gasteiger partial charge in [-0.05, 0) is 47.0 Å². The summed E-state index contributed by atoms with van der Waals surface area (Å²) in [7, 11) is 0. The predicted molar refractivity (Wildman–Crippen MR) is 95.3 cm³/mol. The topological polar surface area (TPSA) is 81.5 Å². The molecule has 0 unspecified atom stereocenters. The minimum atomic E-state index is -0.487. The Morgan fingerprint density at radius 1 is 1.29 bits per heavy atom. The van der Waals surface area contributed by atoms with Crippen LogP contribution >= 0.6 is 15.9 Å². The molecule has 6 nitrogen and oxygen atoms in total. The van der Waals surface area contributed by atoms with Crippen LogP contribution < -0.4 is 10.1 Å². The number of hydrogen-bond acceptors (Lipinski definition) is 4. The maximum Gasteiger partial charge on any atom is 0.270 e. The molecule has 2 aromatic carbocycles. The number of nitro benzene ring substituents is 1. The van der Waals surface area contributed by atoms with Gasteiger partial charge in [0, 0.05) is 23.0 Å². The van der Waals surface area contributed by atoms with Crippen molar-refractivity contribution in [3.8, 4) is 5.75 Å². The van der Waals surface area contributed by atoms with Crippen molar-refractivity contribution < 1.29 is 14.5 Å². The number of rotatable bonds is 7. The molecule has 0 aliphatic rings. The number of non-ortho nitro benzene ring substituents is 1. The monoisotopic (exact) mass is 392 g/mol. The normalized spacial score (nSPS) is 10.2. The summed E-state index contributed by atoms with van der Waals surface area (Å²) in [5.74, 6) is 0.647. The first-order valence-electron chi connectivity index (χ1n) is 7.39. The zero-order valence-electron chi connectivity index (χ0n) is 13.1. The Bertz CT molecular complexity index is 749. The number of carbonyl (C=O) groups excluding carboxylic acids is 1. The second kappa shape index (κ2) is 8.44. The van der Waals surface area contributed by atoms with Gasteiger partial charge in [0.05, 0.1) is 17.2 Å². The van der Waals surface area contributed by atoms with E-state index in [4.69, 9.17) is 4.74 Å². The lowest BCUT2D eigenvalue weighted by molar-refractivity contribution is -0.384. The number of nitrogens with zero attached hydrogens (tertiary/aromatic N) is 1. The van der Waals surface area contributed by atoms with Gasteiger partial charge in [-0.25, -0.2) is 0 Å². The number of benzene rings is 2. The molecule has 0 spiro atoms. The van der Waals surface area contributed by atoms with E-state index in [9.17, 15) is 14.9 Å². The lowest BCUT2D eigenvalue weighted by Gasteiger charge is -2.09. The molecule has 1 N–H and O–H groups in total. The number of nitro groups is 1. The first kappa shape index (κ1) is 17.9. The second-order valence-corrected chi connectivity index (χ2v) is 6.04. The largest absolute Gasteiger partial charge is 0.493 e. The smallest absolute Gasteiger partial charge is 0.270 e. The Hall–Kier alpha value is -2.41. The third-order valence-electron chi connectivity index (χ3n) is 3.34. The Morgan fingerprint density at radius 3 is 2.71 bits per heavy atom. The van der Waals surface area contributed by atoms with E-state index in [1.165, 1.54) is 18.2 Å². The molecular weight excluding hydrogens is 376 g/mol. The number of hydrogen-bond donors (Lipinski definition) is 1. The molecule has 0 heterocycles. The molecule has 2 rings (SSSR count). The first-order valence-corrected chi connectivity index (χ1v) is 8.19. The van der Waals surface area contributed by atoms with Crippen LogP contribution in [0.3, 0.4) is 0 Å². The van der Waals surface area contributed by atoms with Crippen LogP contribution in [0.4, 0.5) is 11.4 Å². The third-order valence-corrected chi connectivity index (χ3v) is 3.99. The standard InChI is InChI=1S/C17H17BrN2O4/c1-12-5-2-3-6-16(12)24-10-4-7-17(21)19-15-9-8-13(20(22)23)11-14(15)18/h2-3,5-6,8-9,11H,4,7,10H2,1H3,(H,19,21). The highest BCUT2D eigenvalue weighted by Crippen LogP contribution is 2.27. The highest BCUT2D eigenvalue weighted by Gasteiger charge is 2.11. The molecule has 0 atom stereocenters. The van der Waals surface area contributed by atoms with Gasteiger partial charge in [0.2, 0.25) is 5.91 Å². The molecule has 7 heteroatoms. The highest BCUT2D eigenvalue weighted by atomic mass is 79.9. The molecular formula is C17H17BrN2O4. The molecule has 0 aliphatic heterocycles. The number of carbonyl (C=O) groups is 1. The van der Waals surface area contributed by atoms with Crippen LogP contribution in [0.5, 0.6) is 5.75 Å². The summed E-state index contributed by atoms with van der Waals surface area (Å²) in [6, 6.07) is 11.9. The molecule has 0 bridgehead atoms. The number of amides is 1. The van der Waals surface area contributed by atoms with Crippen molar-refractivity contribution in [2.45, 2.75) is 19.8 Å². The van der Waals surface area contributed by atoms with E-state index in [0.717, 1.165) is 11.3 Å². The van der Waals surface area contributed by atoms with Crippen LogP contribution in [-0.2, 0) is 4.79 Å². The maximum absolute atomic E-state index is 11.9. The van der Waals surface area contributed by atoms with E-state index in [1.54, 1.807) is 0 Å². The average molecular weight is 393 g/mol. The van der Waals surface area contributed by atoms with Gasteiger partial charge in [0.25, 0.3) is 5.69 Å². The van der Waals surface area contributed by atoms with Crippen LogP contribution in [0.2, 0.25) is 0 Å². The Balaban J connectivity index is 1.79. The van der Waals surface area contributed by atoms with Crippen molar-refractivity contribution in [3.63, 3.8) is 0 Å². The summed E-state index contributed by atoms with van der Waals surface area (Å²) in [5, 5.41) is 13.4. The van der Waals surface area contributed by atoms with Crippen LogP contribution in [0, 0.1) is 17.0 Å². The summed E-state index contributed by atoms with van der Waals surface area (Å²) in [6.07, 6.45) is 0.875. The van der Waals surface area contributed by atoms with E-state index < -0.39 is 4.92 Å². The first-order chi connectivity index (χ1) is 11.5.